The number of nitrogens with one attached hydrogen (secondary N) is 2. The summed E-state index contributed by atoms with van der Waals surface area (Å²) in [5.41, 5.74) is 1.97. The Bertz CT molecular complexity index is 1240. The summed E-state index contributed by atoms with van der Waals surface area (Å²) >= 11 is 6.22. The van der Waals surface area contributed by atoms with E-state index in [2.05, 4.69) is 14.8 Å². The first-order valence-electron chi connectivity index (χ1n) is 9.08. The third kappa shape index (κ3) is 5.42. The van der Waals surface area contributed by atoms with Crippen LogP contribution in [0.4, 0.5) is 11.4 Å². The number of ether oxygens (including phenoxy) is 1. The zero-order chi connectivity index (χ0) is 22.6. The van der Waals surface area contributed by atoms with Crippen molar-refractivity contribution in [3.8, 4) is 0 Å². The first-order chi connectivity index (χ1) is 14.7. The topological polar surface area (TPSA) is 102 Å². The van der Waals surface area contributed by atoms with Crippen molar-refractivity contribution < 1.29 is 22.7 Å². The molecule has 0 bridgehead atoms. The van der Waals surface area contributed by atoms with Crippen molar-refractivity contribution in [3.05, 3.63) is 88.4 Å². The second kappa shape index (κ2) is 9.20. The molecule has 9 heteroatoms. The average molecular weight is 459 g/mol. The fourth-order valence-corrected chi connectivity index (χ4v) is 4.05. The number of sulfonamides is 1. The molecule has 0 aliphatic rings. The van der Waals surface area contributed by atoms with Gasteiger partial charge in [0.2, 0.25) is 0 Å². The molecular weight excluding hydrogens is 440 g/mol. The summed E-state index contributed by atoms with van der Waals surface area (Å²) in [5.74, 6) is -1.04. The molecular formula is C22H19ClN2O5S. The lowest BCUT2D eigenvalue weighted by Crippen LogP contribution is -2.15. The number of rotatable bonds is 6. The van der Waals surface area contributed by atoms with Crippen molar-refractivity contribution in [1.29, 1.82) is 0 Å². The Kier molecular flexibility index (Phi) is 6.62. The van der Waals surface area contributed by atoms with Crippen LogP contribution in [-0.4, -0.2) is 27.4 Å². The minimum Gasteiger partial charge on any atom is -0.465 e. The van der Waals surface area contributed by atoms with Gasteiger partial charge in [-0.15, -0.1) is 0 Å². The standard InChI is InChI=1S/C22H19ClN2O5S/c1-14-6-9-18(10-7-14)31(28,29)25-17-8-11-19(20(23)13-17)21(26)24-16-5-3-4-15(12-16)22(27)30-2/h3-13,25H,1-2H3,(H,24,26). The second-order valence-corrected chi connectivity index (χ2v) is 8.73. The van der Waals surface area contributed by atoms with Gasteiger partial charge in [-0.1, -0.05) is 35.4 Å². The third-order valence-corrected chi connectivity index (χ3v) is 6.05. The van der Waals surface area contributed by atoms with Crippen LogP contribution in [0.1, 0.15) is 26.3 Å². The van der Waals surface area contributed by atoms with Crippen molar-refractivity contribution in [2.45, 2.75) is 11.8 Å². The van der Waals surface area contributed by atoms with Crippen molar-refractivity contribution in [2.75, 3.05) is 17.1 Å². The Morgan fingerprint density at radius 3 is 2.29 bits per heavy atom. The molecule has 3 rings (SSSR count). The van der Waals surface area contributed by atoms with E-state index in [0.29, 0.717) is 5.69 Å². The van der Waals surface area contributed by atoms with Crippen LogP contribution in [0.15, 0.2) is 71.6 Å². The van der Waals surface area contributed by atoms with Gasteiger partial charge >= 0.3 is 5.97 Å². The maximum Gasteiger partial charge on any atom is 0.337 e. The fraction of sp³-hybridized carbons (Fsp3) is 0.0909. The highest BCUT2D eigenvalue weighted by Gasteiger charge is 2.17. The number of carbonyl (C=O) groups is 2. The van der Waals surface area contributed by atoms with E-state index in [-0.39, 0.29) is 26.7 Å². The van der Waals surface area contributed by atoms with Crippen molar-refractivity contribution in [2.24, 2.45) is 0 Å². The SMILES string of the molecule is COC(=O)c1cccc(NC(=O)c2ccc(NS(=O)(=O)c3ccc(C)cc3)cc2Cl)c1. The Hall–Kier alpha value is -3.36. The predicted octanol–water partition coefficient (Wildman–Crippen LogP) is 4.49. The zero-order valence-electron chi connectivity index (χ0n) is 16.7. The molecule has 0 radical (unpaired) electrons. The van der Waals surface area contributed by atoms with Crippen LogP contribution in [-0.2, 0) is 14.8 Å². The largest absolute Gasteiger partial charge is 0.465 e. The lowest BCUT2D eigenvalue weighted by Gasteiger charge is -2.11. The Balaban J connectivity index is 1.77. The maximum absolute atomic E-state index is 12.6. The fourth-order valence-electron chi connectivity index (χ4n) is 2.73. The van der Waals surface area contributed by atoms with Gasteiger partial charge in [0.05, 0.1) is 33.8 Å². The van der Waals surface area contributed by atoms with Crippen LogP contribution in [0, 0.1) is 6.92 Å². The number of carbonyl (C=O) groups excluding carboxylic acids is 2. The van der Waals surface area contributed by atoms with Crippen LogP contribution in [0.3, 0.4) is 0 Å². The molecule has 0 aliphatic heterocycles. The molecule has 3 aromatic rings. The lowest BCUT2D eigenvalue weighted by molar-refractivity contribution is 0.0600. The first-order valence-corrected chi connectivity index (χ1v) is 10.9. The molecule has 7 nitrogen and oxygen atoms in total. The number of benzene rings is 3. The van der Waals surface area contributed by atoms with E-state index < -0.39 is 21.9 Å². The first kappa shape index (κ1) is 22.3. The molecule has 0 saturated heterocycles. The van der Waals surface area contributed by atoms with Gasteiger partial charge in [-0.3, -0.25) is 9.52 Å². The molecule has 0 fully saturated rings. The molecule has 0 atom stereocenters. The van der Waals surface area contributed by atoms with Crippen molar-refractivity contribution in [1.82, 2.24) is 0 Å². The molecule has 160 valence electrons. The summed E-state index contributed by atoms with van der Waals surface area (Å²) in [6.45, 7) is 1.86. The number of methoxy groups -OCH3 is 1. The van der Waals surface area contributed by atoms with Gasteiger partial charge in [0.25, 0.3) is 15.9 Å². The average Bonchev–Trinajstić information content (AvgIpc) is 2.73. The summed E-state index contributed by atoms with van der Waals surface area (Å²) < 4.78 is 32.2. The van der Waals surface area contributed by atoms with Gasteiger partial charge in [-0.2, -0.15) is 0 Å². The van der Waals surface area contributed by atoms with Gasteiger partial charge < -0.3 is 10.1 Å². The predicted molar refractivity (Wildman–Crippen MR) is 119 cm³/mol. The monoisotopic (exact) mass is 458 g/mol. The molecule has 31 heavy (non-hydrogen) atoms. The van der Waals surface area contributed by atoms with E-state index in [9.17, 15) is 18.0 Å². The van der Waals surface area contributed by atoms with Gasteiger partial charge in [0, 0.05) is 5.69 Å². The van der Waals surface area contributed by atoms with Gasteiger partial charge in [0.1, 0.15) is 0 Å². The van der Waals surface area contributed by atoms with Gasteiger partial charge in [-0.05, 0) is 55.5 Å². The highest BCUT2D eigenvalue weighted by Crippen LogP contribution is 2.24. The molecule has 0 saturated carbocycles. The molecule has 0 aliphatic carbocycles. The van der Waals surface area contributed by atoms with Gasteiger partial charge in [-0.25, -0.2) is 13.2 Å². The summed E-state index contributed by atoms with van der Waals surface area (Å²) in [4.78, 5) is 24.3. The highest BCUT2D eigenvalue weighted by molar-refractivity contribution is 7.92. The molecule has 1 amide bonds. The second-order valence-electron chi connectivity index (χ2n) is 6.64. The summed E-state index contributed by atoms with van der Waals surface area (Å²) in [5, 5.41) is 2.71. The van der Waals surface area contributed by atoms with E-state index in [1.165, 1.54) is 43.5 Å². The van der Waals surface area contributed by atoms with Crippen LogP contribution < -0.4 is 10.0 Å². The quantitative estimate of drug-likeness (QED) is 0.530. The molecule has 3 aromatic carbocycles. The maximum atomic E-state index is 12.6. The van der Waals surface area contributed by atoms with Crippen LogP contribution in [0.2, 0.25) is 5.02 Å². The van der Waals surface area contributed by atoms with Crippen LogP contribution in [0.5, 0.6) is 0 Å². The number of hydrogen-bond donors (Lipinski definition) is 2. The van der Waals surface area contributed by atoms with E-state index in [1.54, 1.807) is 30.3 Å². The summed E-state index contributed by atoms with van der Waals surface area (Å²) in [7, 11) is -2.53. The number of amides is 1. The molecule has 0 spiro atoms. The third-order valence-electron chi connectivity index (χ3n) is 4.34. The van der Waals surface area contributed by atoms with E-state index >= 15 is 0 Å². The smallest absolute Gasteiger partial charge is 0.337 e. The zero-order valence-corrected chi connectivity index (χ0v) is 18.3. The normalized spacial score (nSPS) is 10.9. The number of esters is 1. The van der Waals surface area contributed by atoms with Crippen molar-refractivity contribution >= 4 is 44.9 Å². The highest BCUT2D eigenvalue weighted by atomic mass is 35.5. The number of hydrogen-bond acceptors (Lipinski definition) is 5. The Labute approximate surface area is 185 Å². The molecule has 0 aromatic heterocycles. The van der Waals surface area contributed by atoms with Gasteiger partial charge in [0.15, 0.2) is 0 Å². The summed E-state index contributed by atoms with van der Waals surface area (Å²) in [6, 6.07) is 16.9. The molecule has 0 heterocycles. The Morgan fingerprint density at radius 1 is 0.935 bits per heavy atom. The van der Waals surface area contributed by atoms with Crippen LogP contribution >= 0.6 is 11.6 Å². The van der Waals surface area contributed by atoms with E-state index in [1.807, 2.05) is 6.92 Å². The minimum absolute atomic E-state index is 0.0609. The number of anilines is 2. The molecule has 2 N–H and O–H groups in total. The van der Waals surface area contributed by atoms with Crippen LogP contribution in [0.25, 0.3) is 0 Å². The lowest BCUT2D eigenvalue weighted by atomic mass is 10.1. The summed E-state index contributed by atoms with van der Waals surface area (Å²) in [6.07, 6.45) is 0. The van der Waals surface area contributed by atoms with Crippen molar-refractivity contribution in [3.63, 3.8) is 0 Å². The number of halogens is 1. The minimum atomic E-state index is -3.80. The number of aryl methyl sites for hydroxylation is 1. The molecule has 0 unspecified atom stereocenters. The van der Waals surface area contributed by atoms with E-state index in [4.69, 9.17) is 11.6 Å². The Morgan fingerprint density at radius 2 is 1.65 bits per heavy atom. The van der Waals surface area contributed by atoms with E-state index in [0.717, 1.165) is 5.56 Å².